The standard InChI is InChI=1S/C11H18O6/c1-4-5-15-11(14)6-10(17-9(3)13)7-16-8(2)12/h10H,4-7H2,1-3H3. The minimum absolute atomic E-state index is 0.118. The lowest BCUT2D eigenvalue weighted by Gasteiger charge is -2.15. The Labute approximate surface area is 100 Å². The van der Waals surface area contributed by atoms with Crippen LogP contribution in [0.3, 0.4) is 0 Å². The van der Waals surface area contributed by atoms with Gasteiger partial charge in [0.1, 0.15) is 12.7 Å². The molecule has 0 aliphatic rings. The highest BCUT2D eigenvalue weighted by Crippen LogP contribution is 2.03. The van der Waals surface area contributed by atoms with E-state index in [1.807, 2.05) is 6.92 Å². The fourth-order valence-corrected chi connectivity index (χ4v) is 1.04. The first-order valence-corrected chi connectivity index (χ1v) is 5.41. The van der Waals surface area contributed by atoms with Crippen molar-refractivity contribution in [3.8, 4) is 0 Å². The predicted octanol–water partition coefficient (Wildman–Crippen LogP) is 0.825. The fraction of sp³-hybridized carbons (Fsp3) is 0.727. The summed E-state index contributed by atoms with van der Waals surface area (Å²) in [6.07, 6.45) is -0.193. The summed E-state index contributed by atoms with van der Waals surface area (Å²) in [5.74, 6) is -1.51. The van der Waals surface area contributed by atoms with E-state index in [1.54, 1.807) is 0 Å². The molecule has 1 unspecified atom stereocenters. The number of esters is 3. The van der Waals surface area contributed by atoms with E-state index in [1.165, 1.54) is 13.8 Å². The molecule has 0 aromatic carbocycles. The van der Waals surface area contributed by atoms with Crippen LogP contribution >= 0.6 is 0 Å². The van der Waals surface area contributed by atoms with Crippen molar-refractivity contribution in [3.63, 3.8) is 0 Å². The minimum atomic E-state index is -0.791. The molecule has 0 radical (unpaired) electrons. The van der Waals surface area contributed by atoms with Crippen molar-refractivity contribution in [2.24, 2.45) is 0 Å². The second kappa shape index (κ2) is 8.55. The first-order chi connectivity index (χ1) is 7.95. The van der Waals surface area contributed by atoms with Gasteiger partial charge in [0.2, 0.25) is 0 Å². The largest absolute Gasteiger partial charge is 0.466 e. The summed E-state index contributed by atoms with van der Waals surface area (Å²) in [7, 11) is 0. The highest BCUT2D eigenvalue weighted by atomic mass is 16.6. The van der Waals surface area contributed by atoms with E-state index in [9.17, 15) is 14.4 Å². The summed E-state index contributed by atoms with van der Waals surface area (Å²) < 4.78 is 14.4. The van der Waals surface area contributed by atoms with Gasteiger partial charge in [-0.05, 0) is 6.42 Å². The smallest absolute Gasteiger partial charge is 0.309 e. The molecule has 0 fully saturated rings. The lowest BCUT2D eigenvalue weighted by atomic mass is 10.2. The average Bonchev–Trinajstić information content (AvgIpc) is 2.22. The molecule has 0 bridgehead atoms. The van der Waals surface area contributed by atoms with Gasteiger partial charge in [-0.25, -0.2) is 0 Å². The van der Waals surface area contributed by atoms with E-state index in [4.69, 9.17) is 9.47 Å². The Hall–Kier alpha value is -1.59. The zero-order valence-corrected chi connectivity index (χ0v) is 10.4. The van der Waals surface area contributed by atoms with Gasteiger partial charge in [-0.1, -0.05) is 6.92 Å². The first kappa shape index (κ1) is 15.4. The Balaban J connectivity index is 4.12. The van der Waals surface area contributed by atoms with Crippen LogP contribution < -0.4 is 0 Å². The number of carbonyl (C=O) groups is 3. The summed E-state index contributed by atoms with van der Waals surface area (Å²) in [6, 6.07) is 0. The predicted molar refractivity (Wildman–Crippen MR) is 58.1 cm³/mol. The van der Waals surface area contributed by atoms with Crippen molar-refractivity contribution in [2.75, 3.05) is 13.2 Å². The molecular weight excluding hydrogens is 228 g/mol. The average molecular weight is 246 g/mol. The number of hydrogen-bond acceptors (Lipinski definition) is 6. The van der Waals surface area contributed by atoms with E-state index in [2.05, 4.69) is 4.74 Å². The molecule has 6 nitrogen and oxygen atoms in total. The molecule has 17 heavy (non-hydrogen) atoms. The van der Waals surface area contributed by atoms with E-state index in [0.29, 0.717) is 13.0 Å². The Morgan fingerprint density at radius 3 is 2.18 bits per heavy atom. The lowest BCUT2D eigenvalue weighted by molar-refractivity contribution is -0.161. The van der Waals surface area contributed by atoms with Crippen molar-refractivity contribution in [2.45, 2.75) is 39.7 Å². The van der Waals surface area contributed by atoms with Gasteiger partial charge in [-0.3, -0.25) is 14.4 Å². The Morgan fingerprint density at radius 1 is 1.06 bits per heavy atom. The normalized spacial score (nSPS) is 11.5. The van der Waals surface area contributed by atoms with Crippen LogP contribution in [0.5, 0.6) is 0 Å². The van der Waals surface area contributed by atoms with Crippen LogP contribution in [0, 0.1) is 0 Å². The molecule has 0 saturated carbocycles. The zero-order chi connectivity index (χ0) is 13.3. The molecule has 1 atom stereocenters. The highest BCUT2D eigenvalue weighted by Gasteiger charge is 2.19. The number of hydrogen-bond donors (Lipinski definition) is 0. The maximum atomic E-state index is 11.3. The van der Waals surface area contributed by atoms with Gasteiger partial charge < -0.3 is 14.2 Å². The summed E-state index contributed by atoms with van der Waals surface area (Å²) >= 11 is 0. The maximum Gasteiger partial charge on any atom is 0.309 e. The second-order valence-electron chi connectivity index (χ2n) is 3.46. The molecule has 0 amide bonds. The van der Waals surface area contributed by atoms with Crippen molar-refractivity contribution in [1.29, 1.82) is 0 Å². The van der Waals surface area contributed by atoms with Gasteiger partial charge in [0, 0.05) is 13.8 Å². The van der Waals surface area contributed by atoms with Crippen molar-refractivity contribution in [1.82, 2.24) is 0 Å². The third kappa shape index (κ3) is 9.35. The molecular formula is C11H18O6. The Kier molecular flexibility index (Phi) is 7.75. The van der Waals surface area contributed by atoms with Gasteiger partial charge in [0.05, 0.1) is 13.0 Å². The summed E-state index contributed by atoms with van der Waals surface area (Å²) in [4.78, 5) is 32.7. The minimum Gasteiger partial charge on any atom is -0.466 e. The van der Waals surface area contributed by atoms with Crippen molar-refractivity contribution >= 4 is 17.9 Å². The van der Waals surface area contributed by atoms with Crippen LogP contribution in [0.2, 0.25) is 0 Å². The van der Waals surface area contributed by atoms with E-state index in [0.717, 1.165) is 0 Å². The van der Waals surface area contributed by atoms with Gasteiger partial charge >= 0.3 is 17.9 Å². The molecule has 6 heteroatoms. The first-order valence-electron chi connectivity index (χ1n) is 5.41. The second-order valence-corrected chi connectivity index (χ2v) is 3.46. The van der Waals surface area contributed by atoms with E-state index in [-0.39, 0.29) is 13.0 Å². The molecule has 0 rings (SSSR count). The quantitative estimate of drug-likeness (QED) is 0.489. The third-order valence-corrected chi connectivity index (χ3v) is 1.67. The topological polar surface area (TPSA) is 78.9 Å². The summed E-state index contributed by atoms with van der Waals surface area (Å²) in [5, 5.41) is 0. The zero-order valence-electron chi connectivity index (χ0n) is 10.4. The van der Waals surface area contributed by atoms with Crippen molar-refractivity contribution in [3.05, 3.63) is 0 Å². The van der Waals surface area contributed by atoms with Crippen LogP contribution in [0.4, 0.5) is 0 Å². The van der Waals surface area contributed by atoms with Gasteiger partial charge in [0.15, 0.2) is 0 Å². The summed E-state index contributed by atoms with van der Waals surface area (Å²) in [6.45, 7) is 4.50. The van der Waals surface area contributed by atoms with Gasteiger partial charge in [0.25, 0.3) is 0 Å². The van der Waals surface area contributed by atoms with Crippen molar-refractivity contribution < 1.29 is 28.6 Å². The van der Waals surface area contributed by atoms with Crippen LogP contribution in [0.15, 0.2) is 0 Å². The monoisotopic (exact) mass is 246 g/mol. The number of rotatable bonds is 7. The molecule has 0 aliphatic heterocycles. The molecule has 0 spiro atoms. The number of carbonyl (C=O) groups excluding carboxylic acids is 3. The molecule has 0 aliphatic carbocycles. The molecule has 0 aromatic heterocycles. The van der Waals surface area contributed by atoms with Crippen LogP contribution in [-0.2, 0) is 28.6 Å². The lowest BCUT2D eigenvalue weighted by Crippen LogP contribution is -2.27. The molecule has 0 N–H and O–H groups in total. The molecule has 98 valence electrons. The fourth-order valence-electron chi connectivity index (χ4n) is 1.04. The maximum absolute atomic E-state index is 11.3. The van der Waals surface area contributed by atoms with Gasteiger partial charge in [-0.2, -0.15) is 0 Å². The highest BCUT2D eigenvalue weighted by molar-refractivity contribution is 5.71. The summed E-state index contributed by atoms with van der Waals surface area (Å²) in [5.41, 5.74) is 0. The Bertz CT molecular complexity index is 273. The Morgan fingerprint density at radius 2 is 1.71 bits per heavy atom. The number of ether oxygens (including phenoxy) is 3. The third-order valence-electron chi connectivity index (χ3n) is 1.67. The van der Waals surface area contributed by atoms with Crippen LogP contribution in [-0.4, -0.2) is 37.2 Å². The van der Waals surface area contributed by atoms with E-state index >= 15 is 0 Å². The van der Waals surface area contributed by atoms with Gasteiger partial charge in [-0.15, -0.1) is 0 Å². The molecule has 0 heterocycles. The molecule has 0 saturated heterocycles. The van der Waals surface area contributed by atoms with E-state index < -0.39 is 24.0 Å². The SMILES string of the molecule is CCCOC(=O)CC(COC(C)=O)OC(C)=O. The van der Waals surface area contributed by atoms with Crippen LogP contribution in [0.25, 0.3) is 0 Å². The molecule has 0 aromatic rings. The van der Waals surface area contributed by atoms with Crippen LogP contribution in [0.1, 0.15) is 33.6 Å².